The first-order chi connectivity index (χ1) is 13.6. The first-order valence-corrected chi connectivity index (χ1v) is 9.72. The molecule has 0 saturated carbocycles. The number of aromatic nitrogens is 2. The van der Waals surface area contributed by atoms with Crippen LogP contribution in [0.5, 0.6) is 0 Å². The Kier molecular flexibility index (Phi) is 5.35. The van der Waals surface area contributed by atoms with Crippen LogP contribution >= 0.6 is 0 Å². The molecule has 1 saturated heterocycles. The van der Waals surface area contributed by atoms with Gasteiger partial charge in [-0.25, -0.2) is 9.37 Å². The van der Waals surface area contributed by atoms with Crippen LogP contribution in [0.25, 0.3) is 11.3 Å². The summed E-state index contributed by atoms with van der Waals surface area (Å²) in [5, 5.41) is 0. The third kappa shape index (κ3) is 3.90. The highest BCUT2D eigenvalue weighted by molar-refractivity contribution is 5.98. The zero-order valence-corrected chi connectivity index (χ0v) is 16.0. The molecule has 1 aliphatic heterocycles. The molecule has 1 fully saturated rings. The quantitative estimate of drug-likeness (QED) is 0.604. The van der Waals surface area contributed by atoms with Crippen molar-refractivity contribution < 1.29 is 9.18 Å². The number of nitrogens with zero attached hydrogens (tertiary/aromatic N) is 3. The van der Waals surface area contributed by atoms with Crippen LogP contribution in [0.3, 0.4) is 0 Å². The number of imidazole rings is 1. The summed E-state index contributed by atoms with van der Waals surface area (Å²) in [7, 11) is 0. The molecule has 144 valence electrons. The lowest BCUT2D eigenvalue weighted by atomic mass is 10.0. The van der Waals surface area contributed by atoms with Crippen molar-refractivity contribution in [2.24, 2.45) is 0 Å². The van der Waals surface area contributed by atoms with Crippen molar-refractivity contribution in [2.45, 2.75) is 32.4 Å². The summed E-state index contributed by atoms with van der Waals surface area (Å²) in [4.78, 5) is 19.4. The summed E-state index contributed by atoms with van der Waals surface area (Å²) in [5.41, 5.74) is 3.35. The molecule has 5 heteroatoms. The molecule has 0 radical (unpaired) electrons. The van der Waals surface area contributed by atoms with E-state index in [1.807, 2.05) is 10.6 Å². The summed E-state index contributed by atoms with van der Waals surface area (Å²) in [6, 6.07) is 16.9. The van der Waals surface area contributed by atoms with Crippen LogP contribution in [0.15, 0.2) is 60.9 Å². The number of hydrogen-bond donors (Lipinski definition) is 0. The second kappa shape index (κ2) is 8.07. The number of carbonyl (C=O) groups excluding carboxylic acids is 1. The van der Waals surface area contributed by atoms with E-state index in [0.717, 1.165) is 38.0 Å². The average Bonchev–Trinajstić information content (AvgIpc) is 3.15. The largest absolute Gasteiger partial charge is 0.324 e. The number of ketones is 1. The minimum absolute atomic E-state index is 0.0106. The second-order valence-electron chi connectivity index (χ2n) is 7.41. The van der Waals surface area contributed by atoms with Gasteiger partial charge in [-0.1, -0.05) is 30.3 Å². The molecule has 4 rings (SSSR count). The van der Waals surface area contributed by atoms with E-state index in [1.165, 1.54) is 17.7 Å². The van der Waals surface area contributed by atoms with Gasteiger partial charge < -0.3 is 4.57 Å². The second-order valence-corrected chi connectivity index (χ2v) is 7.41. The molecule has 2 aromatic carbocycles. The zero-order valence-electron chi connectivity index (χ0n) is 16.0. The van der Waals surface area contributed by atoms with Crippen molar-refractivity contribution in [2.75, 3.05) is 13.1 Å². The fourth-order valence-corrected chi connectivity index (χ4v) is 4.00. The lowest BCUT2D eigenvalue weighted by Crippen LogP contribution is -2.34. The van der Waals surface area contributed by atoms with Gasteiger partial charge in [-0.15, -0.1) is 0 Å². The number of rotatable bonds is 5. The van der Waals surface area contributed by atoms with Gasteiger partial charge in [0.1, 0.15) is 11.5 Å². The van der Waals surface area contributed by atoms with E-state index in [4.69, 9.17) is 0 Å². The molecule has 2 heterocycles. The lowest BCUT2D eigenvalue weighted by molar-refractivity contribution is 0.0997. The summed E-state index contributed by atoms with van der Waals surface area (Å²) < 4.78 is 15.3. The van der Waals surface area contributed by atoms with Gasteiger partial charge in [0, 0.05) is 38.2 Å². The Bertz CT molecular complexity index is 942. The number of piperidine rings is 1. The molecule has 1 aromatic heterocycles. The molecule has 3 aromatic rings. The number of benzene rings is 2. The Hall–Kier alpha value is -2.79. The number of halogens is 1. The lowest BCUT2D eigenvalue weighted by Gasteiger charge is -2.33. The molecule has 0 amide bonds. The maximum absolute atomic E-state index is 13.3. The predicted octanol–water partition coefficient (Wildman–Crippen LogP) is 4.73. The SMILES string of the molecule is CC(=O)c1c(-c2ccc(F)cc2)ncn1C1CCN(Cc2ccccc2)CC1. The molecule has 4 nitrogen and oxygen atoms in total. The molecule has 0 aliphatic carbocycles. The molecule has 0 atom stereocenters. The maximum atomic E-state index is 13.3. The topological polar surface area (TPSA) is 38.1 Å². The van der Waals surface area contributed by atoms with Crippen LogP contribution in [0.1, 0.15) is 41.9 Å². The van der Waals surface area contributed by atoms with Gasteiger partial charge in [-0.2, -0.15) is 0 Å². The molecule has 0 bridgehead atoms. The fourth-order valence-electron chi connectivity index (χ4n) is 4.00. The van der Waals surface area contributed by atoms with Crippen LogP contribution in [0, 0.1) is 5.82 Å². The van der Waals surface area contributed by atoms with Crippen molar-refractivity contribution in [3.8, 4) is 11.3 Å². The third-order valence-corrected chi connectivity index (χ3v) is 5.44. The van der Waals surface area contributed by atoms with Gasteiger partial charge >= 0.3 is 0 Å². The van der Waals surface area contributed by atoms with E-state index in [0.29, 0.717) is 11.4 Å². The van der Waals surface area contributed by atoms with Gasteiger partial charge in [-0.3, -0.25) is 9.69 Å². The normalized spacial score (nSPS) is 15.6. The monoisotopic (exact) mass is 377 g/mol. The Labute approximate surface area is 164 Å². The van der Waals surface area contributed by atoms with Crippen molar-refractivity contribution >= 4 is 5.78 Å². The van der Waals surface area contributed by atoms with Gasteiger partial charge in [0.15, 0.2) is 5.78 Å². The fraction of sp³-hybridized carbons (Fsp3) is 0.304. The molecule has 0 N–H and O–H groups in total. The van der Waals surface area contributed by atoms with Crippen LogP contribution in [-0.2, 0) is 6.54 Å². The molecule has 0 unspecified atom stereocenters. The van der Waals surface area contributed by atoms with Crippen molar-refractivity contribution in [1.82, 2.24) is 14.5 Å². The van der Waals surface area contributed by atoms with E-state index in [1.54, 1.807) is 25.4 Å². The summed E-state index contributed by atoms with van der Waals surface area (Å²) in [5.74, 6) is -0.304. The van der Waals surface area contributed by atoms with E-state index in [2.05, 4.69) is 34.1 Å². The zero-order chi connectivity index (χ0) is 19.5. The Morgan fingerprint density at radius 2 is 1.75 bits per heavy atom. The van der Waals surface area contributed by atoms with Gasteiger partial charge in [0.05, 0.1) is 12.0 Å². The number of carbonyl (C=O) groups is 1. The molecule has 1 aliphatic rings. The highest BCUT2D eigenvalue weighted by Crippen LogP contribution is 2.30. The van der Waals surface area contributed by atoms with E-state index in [9.17, 15) is 9.18 Å². The van der Waals surface area contributed by atoms with Crippen molar-refractivity contribution in [1.29, 1.82) is 0 Å². The molecular formula is C23H24FN3O. The smallest absolute Gasteiger partial charge is 0.178 e. The highest BCUT2D eigenvalue weighted by Gasteiger charge is 2.26. The molecule has 28 heavy (non-hydrogen) atoms. The molecular weight excluding hydrogens is 353 g/mol. The van der Waals surface area contributed by atoms with Gasteiger partial charge in [-0.05, 0) is 42.7 Å². The number of Topliss-reactive ketones (excluding diaryl/α,β-unsaturated/α-hetero) is 1. The van der Waals surface area contributed by atoms with Gasteiger partial charge in [0.25, 0.3) is 0 Å². The Morgan fingerprint density at radius 3 is 2.39 bits per heavy atom. The van der Waals surface area contributed by atoms with E-state index < -0.39 is 0 Å². The highest BCUT2D eigenvalue weighted by atomic mass is 19.1. The van der Waals surface area contributed by atoms with Crippen LogP contribution in [0.4, 0.5) is 4.39 Å². The molecule has 0 spiro atoms. The number of hydrogen-bond acceptors (Lipinski definition) is 3. The maximum Gasteiger partial charge on any atom is 0.178 e. The van der Waals surface area contributed by atoms with Crippen molar-refractivity contribution in [3.63, 3.8) is 0 Å². The number of likely N-dealkylation sites (tertiary alicyclic amines) is 1. The minimum Gasteiger partial charge on any atom is -0.324 e. The summed E-state index contributed by atoms with van der Waals surface area (Å²) >= 11 is 0. The average molecular weight is 377 g/mol. The van der Waals surface area contributed by atoms with E-state index >= 15 is 0 Å². The standard InChI is InChI=1S/C23H24FN3O/c1-17(28)23-22(19-7-9-20(24)10-8-19)25-16-27(23)21-11-13-26(14-12-21)15-18-5-3-2-4-6-18/h2-10,16,21H,11-15H2,1H3. The van der Waals surface area contributed by atoms with Crippen LogP contribution < -0.4 is 0 Å². The van der Waals surface area contributed by atoms with Crippen LogP contribution in [-0.4, -0.2) is 33.3 Å². The third-order valence-electron chi connectivity index (χ3n) is 5.44. The first kappa shape index (κ1) is 18.6. The first-order valence-electron chi connectivity index (χ1n) is 9.72. The van der Waals surface area contributed by atoms with E-state index in [-0.39, 0.29) is 17.6 Å². The minimum atomic E-state index is -0.293. The summed E-state index contributed by atoms with van der Waals surface area (Å²) in [6.45, 7) is 4.50. The van der Waals surface area contributed by atoms with Crippen LogP contribution in [0.2, 0.25) is 0 Å². The predicted molar refractivity (Wildman–Crippen MR) is 108 cm³/mol. The Balaban J connectivity index is 1.51. The van der Waals surface area contributed by atoms with Gasteiger partial charge in [0.2, 0.25) is 0 Å². The van der Waals surface area contributed by atoms with Crippen molar-refractivity contribution in [3.05, 3.63) is 78.0 Å². The Morgan fingerprint density at radius 1 is 1.07 bits per heavy atom. The summed E-state index contributed by atoms with van der Waals surface area (Å²) in [6.07, 6.45) is 3.73.